The van der Waals surface area contributed by atoms with Gasteiger partial charge in [-0.25, -0.2) is 0 Å². The standard InChI is InChI=1S/2Nd.3O.2Pr/q;;3*-2;2*+3. The van der Waals surface area contributed by atoms with Gasteiger partial charge >= 0.3 is 82.6 Å². The van der Waals surface area contributed by atoms with Crippen LogP contribution in [-0.2, 0) is 16.4 Å². The quantitative estimate of drug-likeness (QED) is 0.356. The molecule has 0 aromatic rings. The van der Waals surface area contributed by atoms with Crippen LogP contribution in [0, 0.1) is 164 Å². The van der Waals surface area contributed by atoms with Crippen molar-refractivity contribution in [1.29, 1.82) is 0 Å². The third kappa shape index (κ3) is 34.8. The van der Waals surface area contributed by atoms with E-state index in [1.165, 1.54) is 0 Å². The Labute approximate surface area is 175 Å². The van der Waals surface area contributed by atoms with Crippen molar-refractivity contribution in [2.75, 3.05) is 0 Å². The normalized spacial score (nSPS) is 0. The molecule has 0 aliphatic carbocycles. The first-order valence-corrected chi connectivity index (χ1v) is 0. The maximum atomic E-state index is 0. The van der Waals surface area contributed by atoms with Gasteiger partial charge in [0.1, 0.15) is 0 Å². The maximum absolute atomic E-state index is 0. The average molecular weight is 618 g/mol. The van der Waals surface area contributed by atoms with Crippen LogP contribution < -0.4 is 0 Å². The van der Waals surface area contributed by atoms with Gasteiger partial charge in [-0.2, -0.15) is 0 Å². The Hall–Kier alpha value is 5.31. The molecule has 0 unspecified atom stereocenters. The fraction of sp³-hybridized carbons (Fsp3) is 0. The average Bonchev–Trinajstić information content (AvgIpc) is 0. The zero-order chi connectivity index (χ0) is 0. The summed E-state index contributed by atoms with van der Waals surface area (Å²) in [5, 5.41) is 0. The molecule has 7 heteroatoms. The Morgan fingerprint density at radius 1 is 0.429 bits per heavy atom. The Kier molecular flexibility index (Phi) is 340. The number of rotatable bonds is 0. The molecule has 0 bridgehead atoms. The van der Waals surface area contributed by atoms with E-state index in [0.717, 1.165) is 0 Å². The van der Waals surface area contributed by atoms with Gasteiger partial charge in [-0.05, 0) is 0 Å². The summed E-state index contributed by atoms with van der Waals surface area (Å²) >= 11 is 0. The minimum absolute atomic E-state index is 0. The first-order valence-electron chi connectivity index (χ1n) is 0. The van der Waals surface area contributed by atoms with Crippen molar-refractivity contribution in [3.8, 4) is 0 Å². The maximum Gasteiger partial charge on any atom is 3.00 e. The van der Waals surface area contributed by atoms with Gasteiger partial charge in [-0.15, -0.1) is 0 Å². The van der Waals surface area contributed by atoms with E-state index in [-0.39, 0.29) is 181 Å². The monoisotopic (exact) mass is 614 g/mol. The molecule has 32 valence electrons. The van der Waals surface area contributed by atoms with Crippen LogP contribution in [0.1, 0.15) is 0 Å². The van der Waals surface area contributed by atoms with Gasteiger partial charge in [-0.1, -0.05) is 0 Å². The zero-order valence-corrected chi connectivity index (χ0v) is 17.2. The second-order valence-corrected chi connectivity index (χ2v) is 0. The van der Waals surface area contributed by atoms with Crippen LogP contribution in [0.4, 0.5) is 0 Å². The minimum Gasteiger partial charge on any atom is -2.00 e. The fourth-order valence-electron chi connectivity index (χ4n) is 0. The van der Waals surface area contributed by atoms with E-state index in [9.17, 15) is 0 Å². The molecule has 0 rings (SSSR count). The summed E-state index contributed by atoms with van der Waals surface area (Å²) in [6, 6.07) is 0. The smallest absolute Gasteiger partial charge is 2.00 e. The van der Waals surface area contributed by atoms with E-state index in [2.05, 4.69) is 0 Å². The number of hydrogen-bond donors (Lipinski definition) is 0. The third-order valence-electron chi connectivity index (χ3n) is 0. The van der Waals surface area contributed by atoms with Crippen molar-refractivity contribution in [1.82, 2.24) is 0 Å². The van der Waals surface area contributed by atoms with Crippen molar-refractivity contribution in [3.05, 3.63) is 0 Å². The Morgan fingerprint density at radius 3 is 0.429 bits per heavy atom. The van der Waals surface area contributed by atoms with E-state index in [1.54, 1.807) is 0 Å². The van der Waals surface area contributed by atoms with Gasteiger partial charge in [0.25, 0.3) is 0 Å². The van der Waals surface area contributed by atoms with Gasteiger partial charge in [0, 0.05) is 81.7 Å². The molecule has 0 radical (unpaired) electrons. The first kappa shape index (κ1) is 55.9. The predicted octanol–water partition coefficient (Wildman–Crippen LogP) is -0.356. The summed E-state index contributed by atoms with van der Waals surface area (Å²) in [5.41, 5.74) is 0. The van der Waals surface area contributed by atoms with E-state index in [1.807, 2.05) is 0 Å². The molecule has 0 N–H and O–H groups in total. The van der Waals surface area contributed by atoms with Crippen LogP contribution in [0.2, 0.25) is 0 Å². The molecular weight excluding hydrogens is 618 g/mol. The largest absolute Gasteiger partial charge is 3.00 e. The van der Waals surface area contributed by atoms with Crippen LogP contribution >= 0.6 is 0 Å². The Balaban J connectivity index is 0. The summed E-state index contributed by atoms with van der Waals surface area (Å²) < 4.78 is 0. The molecule has 3 nitrogen and oxygen atoms in total. The van der Waals surface area contributed by atoms with E-state index >= 15 is 0 Å². The van der Waals surface area contributed by atoms with E-state index < -0.39 is 0 Å². The first-order chi connectivity index (χ1) is 0. The van der Waals surface area contributed by atoms with Crippen molar-refractivity contribution in [2.45, 2.75) is 0 Å². The van der Waals surface area contributed by atoms with Gasteiger partial charge in [-0.3, -0.25) is 0 Å². The van der Waals surface area contributed by atoms with Crippen LogP contribution in [0.15, 0.2) is 0 Å². The van der Waals surface area contributed by atoms with Crippen LogP contribution in [0.3, 0.4) is 0 Å². The third-order valence-corrected chi connectivity index (χ3v) is 0. The van der Waals surface area contributed by atoms with E-state index in [0.29, 0.717) is 0 Å². The second kappa shape index (κ2) is 42.6. The molecule has 0 aliphatic heterocycles. The van der Waals surface area contributed by atoms with Crippen LogP contribution in [0.5, 0.6) is 0 Å². The van der Waals surface area contributed by atoms with Crippen molar-refractivity contribution in [2.24, 2.45) is 0 Å². The molecule has 0 aromatic heterocycles. The predicted molar refractivity (Wildman–Crippen MR) is 2.06 cm³/mol. The van der Waals surface area contributed by atoms with Crippen molar-refractivity contribution in [3.63, 3.8) is 0 Å². The summed E-state index contributed by atoms with van der Waals surface area (Å²) in [7, 11) is 0. The minimum atomic E-state index is 0. The topological polar surface area (TPSA) is 85.5 Å². The summed E-state index contributed by atoms with van der Waals surface area (Å²) in [6.45, 7) is 0. The molecule has 7 heavy (non-hydrogen) atoms. The van der Waals surface area contributed by atoms with Crippen molar-refractivity contribution >= 4 is 0 Å². The zero-order valence-electron chi connectivity index (χ0n) is 3.38. The van der Waals surface area contributed by atoms with Gasteiger partial charge < -0.3 is 16.4 Å². The molecule has 0 saturated heterocycles. The fourth-order valence-corrected chi connectivity index (χ4v) is 0. The van der Waals surface area contributed by atoms with Crippen LogP contribution in [0.25, 0.3) is 0 Å². The molecule has 0 spiro atoms. The summed E-state index contributed by atoms with van der Waals surface area (Å²) in [4.78, 5) is 0. The molecular formula is Nd2O3Pr2. The Morgan fingerprint density at radius 2 is 0.429 bits per heavy atom. The van der Waals surface area contributed by atoms with Gasteiger partial charge in [0.05, 0.1) is 0 Å². The molecule has 0 aromatic carbocycles. The second-order valence-electron chi connectivity index (χ2n) is 0. The van der Waals surface area contributed by atoms with Crippen molar-refractivity contribution < 1.29 is 181 Å². The van der Waals surface area contributed by atoms with E-state index in [4.69, 9.17) is 0 Å². The molecule has 0 amide bonds. The molecule has 0 saturated carbocycles. The summed E-state index contributed by atoms with van der Waals surface area (Å²) in [6.07, 6.45) is 0. The summed E-state index contributed by atoms with van der Waals surface area (Å²) in [5.74, 6) is 0. The van der Waals surface area contributed by atoms with Gasteiger partial charge in [0.15, 0.2) is 0 Å². The Bertz CT molecular complexity index is 10.9. The molecule has 0 atom stereocenters. The number of hydrogen-bond acceptors (Lipinski definition) is 0. The molecule has 0 aliphatic rings. The van der Waals surface area contributed by atoms with Gasteiger partial charge in [0.2, 0.25) is 0 Å². The SMILES string of the molecule is [Nd].[Nd].[O-2].[O-2].[O-2].[Pr+3].[Pr+3]. The molecule has 0 heterocycles. The van der Waals surface area contributed by atoms with Crippen LogP contribution in [-0.4, -0.2) is 0 Å². The molecule has 0 fully saturated rings.